The molecule has 0 aliphatic carbocycles. The number of halogens is 3. The van der Waals surface area contributed by atoms with E-state index in [-0.39, 0.29) is 5.82 Å². The van der Waals surface area contributed by atoms with E-state index < -0.39 is 23.1 Å². The van der Waals surface area contributed by atoms with Crippen LogP contribution in [0.5, 0.6) is 0 Å². The van der Waals surface area contributed by atoms with Gasteiger partial charge >= 0.3 is 0 Å². The van der Waals surface area contributed by atoms with Crippen LogP contribution >= 0.6 is 0 Å². The van der Waals surface area contributed by atoms with Gasteiger partial charge in [0, 0.05) is 38.7 Å². The molecule has 8 nitrogen and oxygen atoms in total. The summed E-state index contributed by atoms with van der Waals surface area (Å²) in [6.07, 6.45) is 0.417. The quantitative estimate of drug-likeness (QED) is 0.581. The van der Waals surface area contributed by atoms with Gasteiger partial charge < -0.3 is 14.3 Å². The number of piperazine rings is 1. The molecule has 0 bridgehead atoms. The van der Waals surface area contributed by atoms with Crippen LogP contribution in [0, 0.1) is 45.3 Å². The first-order chi connectivity index (χ1) is 14.8. The highest BCUT2D eigenvalue weighted by Gasteiger charge is 2.27. The predicted octanol–water partition coefficient (Wildman–Crippen LogP) is 2.82. The van der Waals surface area contributed by atoms with E-state index in [1.165, 1.54) is 0 Å². The lowest BCUT2D eigenvalue weighted by Gasteiger charge is -2.36. The lowest BCUT2D eigenvalue weighted by Crippen LogP contribution is -2.48. The van der Waals surface area contributed by atoms with Gasteiger partial charge in [-0.1, -0.05) is 5.16 Å². The molecule has 4 heterocycles. The van der Waals surface area contributed by atoms with Crippen molar-refractivity contribution < 1.29 is 17.7 Å². The largest absolute Gasteiger partial charge is 0.351 e. The maximum absolute atomic E-state index is 14.3. The van der Waals surface area contributed by atoms with Crippen LogP contribution < -0.4 is 9.80 Å². The summed E-state index contributed by atoms with van der Waals surface area (Å²) < 4.78 is 47.0. The van der Waals surface area contributed by atoms with Gasteiger partial charge in [0.2, 0.25) is 17.7 Å². The Morgan fingerprint density at radius 3 is 2.03 bits per heavy atom. The van der Waals surface area contributed by atoms with Gasteiger partial charge in [-0.2, -0.15) is 23.8 Å². The van der Waals surface area contributed by atoms with Crippen LogP contribution in [0.15, 0.2) is 4.52 Å². The number of rotatable bonds is 4. The molecule has 0 amide bonds. The van der Waals surface area contributed by atoms with E-state index in [4.69, 9.17) is 4.52 Å². The first kappa shape index (κ1) is 21.0. The Labute approximate surface area is 177 Å². The van der Waals surface area contributed by atoms with Crippen molar-refractivity contribution in [3.8, 4) is 0 Å². The first-order valence-corrected chi connectivity index (χ1v) is 9.89. The molecule has 1 saturated heterocycles. The second kappa shape index (κ2) is 8.12. The number of hydrogen-bond donors (Lipinski definition) is 0. The fourth-order valence-corrected chi connectivity index (χ4v) is 3.59. The minimum absolute atomic E-state index is 0.301. The first-order valence-electron chi connectivity index (χ1n) is 9.89. The van der Waals surface area contributed by atoms with E-state index in [2.05, 4.69) is 25.3 Å². The van der Waals surface area contributed by atoms with Gasteiger partial charge in [0.25, 0.3) is 0 Å². The molecule has 164 valence electrons. The van der Waals surface area contributed by atoms with Gasteiger partial charge in [0.15, 0.2) is 23.3 Å². The van der Waals surface area contributed by atoms with Gasteiger partial charge in [-0.15, -0.1) is 5.10 Å². The molecule has 1 fully saturated rings. The summed E-state index contributed by atoms with van der Waals surface area (Å²) in [6, 6.07) is 0. The topological polar surface area (TPSA) is 84.1 Å². The van der Waals surface area contributed by atoms with Crippen molar-refractivity contribution in [2.45, 2.75) is 34.1 Å². The molecule has 1 aliphatic rings. The summed E-state index contributed by atoms with van der Waals surface area (Å²) in [5.41, 5.74) is 2.29. The molecule has 3 aromatic rings. The second-order valence-corrected chi connectivity index (χ2v) is 7.58. The lowest BCUT2D eigenvalue weighted by atomic mass is 10.1. The molecule has 0 N–H and O–H groups in total. The number of nitrogens with zero attached hydrogens (tertiary/aromatic N) is 7. The fourth-order valence-electron chi connectivity index (χ4n) is 3.59. The minimum atomic E-state index is -1.20. The molecule has 0 aromatic carbocycles. The molecule has 3 aromatic heterocycles. The molecular formula is C20H22F3N7O. The predicted molar refractivity (Wildman–Crippen MR) is 107 cm³/mol. The van der Waals surface area contributed by atoms with Crippen molar-refractivity contribution in [2.24, 2.45) is 0 Å². The van der Waals surface area contributed by atoms with Gasteiger partial charge in [-0.3, -0.25) is 0 Å². The summed E-state index contributed by atoms with van der Waals surface area (Å²) >= 11 is 0. The zero-order chi connectivity index (χ0) is 22.3. The van der Waals surface area contributed by atoms with E-state index in [0.29, 0.717) is 44.3 Å². The van der Waals surface area contributed by atoms with Crippen LogP contribution in [0.1, 0.15) is 34.1 Å². The monoisotopic (exact) mass is 433 g/mol. The average Bonchev–Trinajstić information content (AvgIpc) is 3.17. The van der Waals surface area contributed by atoms with Crippen molar-refractivity contribution in [3.05, 3.63) is 51.7 Å². The smallest absolute Gasteiger partial charge is 0.223 e. The van der Waals surface area contributed by atoms with Crippen LogP contribution in [0.25, 0.3) is 0 Å². The highest BCUT2D eigenvalue weighted by molar-refractivity contribution is 5.52. The number of aryl methyl sites for hydroxylation is 1. The second-order valence-electron chi connectivity index (χ2n) is 7.58. The van der Waals surface area contributed by atoms with Gasteiger partial charge in [-0.25, -0.2) is 4.39 Å². The third-order valence-electron chi connectivity index (χ3n) is 5.60. The Balaban J connectivity index is 1.50. The number of pyridine rings is 1. The molecule has 0 saturated carbocycles. The number of hydrogen-bond acceptors (Lipinski definition) is 8. The van der Waals surface area contributed by atoms with Crippen LogP contribution in [0.3, 0.4) is 0 Å². The lowest BCUT2D eigenvalue weighted by molar-refractivity contribution is 0.388. The Bertz CT molecular complexity index is 1130. The summed E-state index contributed by atoms with van der Waals surface area (Å²) in [5.74, 6) is -1.87. The van der Waals surface area contributed by atoms with Crippen molar-refractivity contribution in [3.63, 3.8) is 0 Å². The molecule has 11 heteroatoms. The summed E-state index contributed by atoms with van der Waals surface area (Å²) in [5, 5.41) is 12.6. The van der Waals surface area contributed by atoms with Gasteiger partial charge in [-0.05, 0) is 31.9 Å². The highest BCUT2D eigenvalue weighted by atomic mass is 19.2. The maximum atomic E-state index is 14.3. The Morgan fingerprint density at radius 2 is 1.42 bits per heavy atom. The Kier molecular flexibility index (Phi) is 5.50. The summed E-state index contributed by atoms with van der Waals surface area (Å²) in [6.45, 7) is 8.46. The highest BCUT2D eigenvalue weighted by Crippen LogP contribution is 2.27. The molecular weight excluding hydrogens is 411 g/mol. The van der Waals surface area contributed by atoms with E-state index in [1.807, 2.05) is 18.7 Å². The van der Waals surface area contributed by atoms with E-state index in [0.717, 1.165) is 29.6 Å². The van der Waals surface area contributed by atoms with Crippen molar-refractivity contribution >= 4 is 11.6 Å². The average molecular weight is 433 g/mol. The molecule has 31 heavy (non-hydrogen) atoms. The molecule has 0 unspecified atom stereocenters. The van der Waals surface area contributed by atoms with E-state index in [9.17, 15) is 13.2 Å². The van der Waals surface area contributed by atoms with Crippen LogP contribution in [-0.4, -0.2) is 51.5 Å². The molecule has 0 atom stereocenters. The number of aromatic nitrogens is 5. The SMILES string of the molecule is Cc1nc(Cc2nnc(N3CCN(c4nc(F)c(C)c(F)c4F)CC3)c(C)c2C)no1. The van der Waals surface area contributed by atoms with Gasteiger partial charge in [0.1, 0.15) is 0 Å². The Hall–Kier alpha value is -3.24. The standard InChI is InChI=1S/C20H22F3N7O/c1-10-11(2)19(27-26-14(10)9-15-24-13(4)31-28-15)29-5-7-30(8-6-29)20-17(22)16(21)12(3)18(23)25-20/h5-9H2,1-4H3. The summed E-state index contributed by atoms with van der Waals surface area (Å²) in [4.78, 5) is 11.4. The third kappa shape index (κ3) is 3.91. The maximum Gasteiger partial charge on any atom is 0.223 e. The molecule has 0 spiro atoms. The van der Waals surface area contributed by atoms with Crippen molar-refractivity contribution in [2.75, 3.05) is 36.0 Å². The zero-order valence-electron chi connectivity index (χ0n) is 17.7. The third-order valence-corrected chi connectivity index (χ3v) is 5.60. The van der Waals surface area contributed by atoms with E-state index in [1.54, 1.807) is 11.8 Å². The minimum Gasteiger partial charge on any atom is -0.351 e. The fraction of sp³-hybridized carbons (Fsp3) is 0.450. The van der Waals surface area contributed by atoms with Gasteiger partial charge in [0.05, 0.1) is 12.1 Å². The molecule has 4 rings (SSSR count). The normalized spacial score (nSPS) is 14.4. The summed E-state index contributed by atoms with van der Waals surface area (Å²) in [7, 11) is 0. The van der Waals surface area contributed by atoms with Crippen molar-refractivity contribution in [1.29, 1.82) is 0 Å². The van der Waals surface area contributed by atoms with E-state index >= 15 is 0 Å². The zero-order valence-corrected chi connectivity index (χ0v) is 17.7. The van der Waals surface area contributed by atoms with Crippen LogP contribution in [0.2, 0.25) is 0 Å². The molecule has 1 aliphatic heterocycles. The number of anilines is 2. The van der Waals surface area contributed by atoms with Crippen molar-refractivity contribution in [1.82, 2.24) is 25.3 Å². The molecule has 0 radical (unpaired) electrons. The Morgan fingerprint density at radius 1 is 0.774 bits per heavy atom. The van der Waals surface area contributed by atoms with Crippen LogP contribution in [-0.2, 0) is 6.42 Å². The van der Waals surface area contributed by atoms with Crippen LogP contribution in [0.4, 0.5) is 24.8 Å².